The molecular weight excluding hydrogens is 647 g/mol. The van der Waals surface area contributed by atoms with Crippen LogP contribution >= 0.6 is 0 Å². The summed E-state index contributed by atoms with van der Waals surface area (Å²) < 4.78 is 6.76. The Kier molecular flexibility index (Phi) is 6.52. The van der Waals surface area contributed by atoms with E-state index in [0.29, 0.717) is 17.5 Å². The molecule has 0 aliphatic heterocycles. The van der Waals surface area contributed by atoms with E-state index in [1.807, 2.05) is 36.4 Å². The minimum Gasteiger partial charge on any atom is -0.455 e. The van der Waals surface area contributed by atoms with Gasteiger partial charge in [0.1, 0.15) is 11.2 Å². The van der Waals surface area contributed by atoms with Gasteiger partial charge in [0, 0.05) is 21.9 Å². The van der Waals surface area contributed by atoms with Gasteiger partial charge in [-0.2, -0.15) is 0 Å². The summed E-state index contributed by atoms with van der Waals surface area (Å²) in [6, 6.07) is 61.7. The number of rotatable bonds is 4. The number of furan rings is 1. The third-order valence-corrected chi connectivity index (χ3v) is 10.5. The van der Waals surface area contributed by atoms with Gasteiger partial charge in [-0.15, -0.1) is 0 Å². The Hall–Kier alpha value is -7.17. The van der Waals surface area contributed by atoms with E-state index in [1.165, 1.54) is 32.3 Å². The molecule has 53 heavy (non-hydrogen) atoms. The molecule has 2 heterocycles. The van der Waals surface area contributed by atoms with Crippen molar-refractivity contribution in [2.24, 2.45) is 0 Å². The first-order chi connectivity index (χ1) is 26.2. The van der Waals surface area contributed by atoms with Gasteiger partial charge in [-0.1, -0.05) is 146 Å². The van der Waals surface area contributed by atoms with Crippen LogP contribution in [0, 0.1) is 0 Å². The quantitative estimate of drug-likeness (QED) is 0.174. The van der Waals surface area contributed by atoms with Gasteiger partial charge in [-0.25, -0.2) is 15.0 Å². The largest absolute Gasteiger partial charge is 0.455 e. The van der Waals surface area contributed by atoms with Crippen molar-refractivity contribution < 1.29 is 4.42 Å². The first kappa shape index (κ1) is 29.5. The van der Waals surface area contributed by atoms with Crippen LogP contribution in [-0.4, -0.2) is 15.0 Å². The summed E-state index contributed by atoms with van der Waals surface area (Å²) in [5, 5.41) is 11.7. The highest BCUT2D eigenvalue weighted by molar-refractivity contribution is 6.18. The Morgan fingerprint density at radius 1 is 0.302 bits per heavy atom. The zero-order valence-corrected chi connectivity index (χ0v) is 28.5. The fraction of sp³-hybridized carbons (Fsp3) is 0. The van der Waals surface area contributed by atoms with Crippen molar-refractivity contribution in [3.63, 3.8) is 0 Å². The zero-order chi connectivity index (χ0) is 34.9. The fourth-order valence-corrected chi connectivity index (χ4v) is 7.84. The molecule has 0 N–H and O–H groups in total. The van der Waals surface area contributed by atoms with E-state index in [2.05, 4.69) is 140 Å². The maximum atomic E-state index is 6.76. The molecule has 0 amide bonds. The minimum absolute atomic E-state index is 0.560. The van der Waals surface area contributed by atoms with E-state index >= 15 is 0 Å². The number of aromatic nitrogens is 3. The van der Waals surface area contributed by atoms with Crippen LogP contribution in [0.1, 0.15) is 0 Å². The third-order valence-electron chi connectivity index (χ3n) is 10.5. The van der Waals surface area contributed by atoms with E-state index in [9.17, 15) is 0 Å². The van der Waals surface area contributed by atoms with E-state index in [-0.39, 0.29) is 0 Å². The topological polar surface area (TPSA) is 51.8 Å². The second-order valence-corrected chi connectivity index (χ2v) is 13.6. The lowest BCUT2D eigenvalue weighted by molar-refractivity contribution is 0.670. The van der Waals surface area contributed by atoms with Gasteiger partial charge in [0.15, 0.2) is 17.5 Å². The number of hydrogen-bond acceptors (Lipinski definition) is 4. The summed E-state index contributed by atoms with van der Waals surface area (Å²) in [4.78, 5) is 15.5. The van der Waals surface area contributed by atoms with E-state index in [1.54, 1.807) is 0 Å². The zero-order valence-electron chi connectivity index (χ0n) is 28.5. The molecule has 2 aromatic heterocycles. The standard InChI is InChI=1S/C49H29N3O/c1-3-11-30(12-4-1)37-27-43-42-26-33-16-7-8-17-34(33)29-45(42)53-46(43)44(28-37)49-51-47(32-14-5-2-6-15-32)50-48(52-49)36-21-22-39-35(25-36)20-24-40-38-18-10-9-13-31(38)19-23-41(39)40/h1-29H. The molecular formula is C49H29N3O. The average molecular weight is 676 g/mol. The Labute approximate surface area is 304 Å². The third kappa shape index (κ3) is 4.88. The van der Waals surface area contributed by atoms with Crippen LogP contribution in [0.2, 0.25) is 0 Å². The molecule has 0 saturated heterocycles. The SMILES string of the molecule is c1ccc(-c2cc(-c3nc(-c4ccccc4)nc(-c4ccc5c(ccc6c7ccccc7ccc56)c4)n3)c3oc4cc5ccccc5cc4c3c2)cc1. The van der Waals surface area contributed by atoms with Crippen LogP contribution in [0.4, 0.5) is 0 Å². The van der Waals surface area contributed by atoms with Crippen molar-refractivity contribution in [2.45, 2.75) is 0 Å². The van der Waals surface area contributed by atoms with Gasteiger partial charge in [0.2, 0.25) is 0 Å². The van der Waals surface area contributed by atoms with Crippen molar-refractivity contribution in [3.8, 4) is 45.3 Å². The predicted octanol–water partition coefficient (Wildman–Crippen LogP) is 13.1. The van der Waals surface area contributed by atoms with Crippen molar-refractivity contribution in [2.75, 3.05) is 0 Å². The Balaban J connectivity index is 1.16. The summed E-state index contributed by atoms with van der Waals surface area (Å²) in [5.41, 5.74) is 6.42. The molecule has 4 nitrogen and oxygen atoms in total. The number of benzene rings is 9. The van der Waals surface area contributed by atoms with Gasteiger partial charge < -0.3 is 4.42 Å². The molecule has 4 heteroatoms. The molecule has 0 unspecified atom stereocenters. The summed E-state index contributed by atoms with van der Waals surface area (Å²) in [6.45, 7) is 0. The maximum Gasteiger partial charge on any atom is 0.167 e. The summed E-state index contributed by atoms with van der Waals surface area (Å²) >= 11 is 0. The molecule has 0 saturated carbocycles. The van der Waals surface area contributed by atoms with Crippen LogP contribution in [0.3, 0.4) is 0 Å². The van der Waals surface area contributed by atoms with Crippen LogP contribution in [0.25, 0.3) is 110 Å². The normalized spacial score (nSPS) is 11.8. The van der Waals surface area contributed by atoms with Gasteiger partial charge >= 0.3 is 0 Å². The highest BCUT2D eigenvalue weighted by atomic mass is 16.3. The lowest BCUT2D eigenvalue weighted by Crippen LogP contribution is -2.00. The smallest absolute Gasteiger partial charge is 0.167 e. The van der Waals surface area contributed by atoms with Crippen LogP contribution < -0.4 is 0 Å². The summed E-state index contributed by atoms with van der Waals surface area (Å²) in [7, 11) is 0. The molecule has 0 atom stereocenters. The van der Waals surface area contributed by atoms with Crippen molar-refractivity contribution >= 4 is 65.0 Å². The fourth-order valence-electron chi connectivity index (χ4n) is 7.84. The molecule has 246 valence electrons. The van der Waals surface area contributed by atoms with Crippen molar-refractivity contribution in [1.29, 1.82) is 0 Å². The first-order valence-corrected chi connectivity index (χ1v) is 17.8. The molecule has 9 aromatic carbocycles. The highest BCUT2D eigenvalue weighted by Gasteiger charge is 2.20. The highest BCUT2D eigenvalue weighted by Crippen LogP contribution is 2.41. The van der Waals surface area contributed by atoms with Gasteiger partial charge in [0.25, 0.3) is 0 Å². The minimum atomic E-state index is 0.560. The molecule has 11 aromatic rings. The molecule has 0 bridgehead atoms. The lowest BCUT2D eigenvalue weighted by atomic mass is 9.96. The second kappa shape index (κ2) is 11.7. The molecule has 0 aliphatic rings. The molecule has 0 fully saturated rings. The summed E-state index contributed by atoms with van der Waals surface area (Å²) in [5.74, 6) is 1.77. The average Bonchev–Trinajstić information content (AvgIpc) is 3.59. The van der Waals surface area contributed by atoms with Crippen LogP contribution in [-0.2, 0) is 0 Å². The van der Waals surface area contributed by atoms with E-state index < -0.39 is 0 Å². The Bertz CT molecular complexity index is 3220. The number of hydrogen-bond donors (Lipinski definition) is 0. The van der Waals surface area contributed by atoms with Crippen LogP contribution in [0.15, 0.2) is 180 Å². The maximum absolute atomic E-state index is 6.76. The van der Waals surface area contributed by atoms with Gasteiger partial charge in [-0.3, -0.25) is 0 Å². The molecule has 0 radical (unpaired) electrons. The molecule has 0 aliphatic carbocycles. The second-order valence-electron chi connectivity index (χ2n) is 13.6. The van der Waals surface area contributed by atoms with Gasteiger partial charge in [0.05, 0.1) is 5.56 Å². The molecule has 0 spiro atoms. The lowest BCUT2D eigenvalue weighted by Gasteiger charge is -2.12. The number of nitrogens with zero attached hydrogens (tertiary/aromatic N) is 3. The molecule has 11 rings (SSSR count). The Morgan fingerprint density at radius 2 is 0.887 bits per heavy atom. The first-order valence-electron chi connectivity index (χ1n) is 17.8. The summed E-state index contributed by atoms with van der Waals surface area (Å²) in [6.07, 6.45) is 0. The van der Waals surface area contributed by atoms with E-state index in [4.69, 9.17) is 19.4 Å². The van der Waals surface area contributed by atoms with Crippen molar-refractivity contribution in [3.05, 3.63) is 176 Å². The van der Waals surface area contributed by atoms with Crippen LogP contribution in [0.5, 0.6) is 0 Å². The van der Waals surface area contributed by atoms with Crippen molar-refractivity contribution in [1.82, 2.24) is 15.0 Å². The monoisotopic (exact) mass is 675 g/mol. The number of fused-ring (bicyclic) bond motifs is 9. The van der Waals surface area contributed by atoms with Gasteiger partial charge in [-0.05, 0) is 84.5 Å². The predicted molar refractivity (Wildman–Crippen MR) is 219 cm³/mol. The van der Waals surface area contributed by atoms with E-state index in [0.717, 1.165) is 60.5 Å². The Morgan fingerprint density at radius 3 is 1.66 bits per heavy atom.